The second kappa shape index (κ2) is 8.70. The molecule has 26 heavy (non-hydrogen) atoms. The third kappa shape index (κ3) is 4.21. The van der Waals surface area contributed by atoms with Gasteiger partial charge in [0, 0.05) is 5.56 Å². The lowest BCUT2D eigenvalue weighted by molar-refractivity contribution is 0.0954. The third-order valence-corrected chi connectivity index (χ3v) is 3.48. The monoisotopic (exact) mass is 362 g/mol. The summed E-state index contributed by atoms with van der Waals surface area (Å²) in [5.41, 5.74) is 3.09. The summed E-state index contributed by atoms with van der Waals surface area (Å²) in [4.78, 5) is 12.3. The first-order valence-corrected chi connectivity index (χ1v) is 7.51. The highest BCUT2D eigenvalue weighted by atomic mass is 19.1. The molecule has 2 aromatic rings. The fraction of sp³-hybridized carbons (Fsp3) is 0.222. The van der Waals surface area contributed by atoms with Crippen LogP contribution >= 0.6 is 0 Å². The summed E-state index contributed by atoms with van der Waals surface area (Å²) in [5, 5.41) is 3.82. The molecule has 0 aliphatic rings. The van der Waals surface area contributed by atoms with Crippen molar-refractivity contribution in [2.24, 2.45) is 5.10 Å². The van der Waals surface area contributed by atoms with Crippen LogP contribution in [-0.2, 0) is 0 Å². The molecule has 0 radical (unpaired) electrons. The Kier molecular flexibility index (Phi) is 6.37. The maximum atomic E-state index is 13.6. The van der Waals surface area contributed by atoms with Crippen LogP contribution < -0.4 is 24.4 Å². The fourth-order valence-electron chi connectivity index (χ4n) is 2.21. The Morgan fingerprint density at radius 2 is 1.58 bits per heavy atom. The molecule has 0 heterocycles. The van der Waals surface area contributed by atoms with Crippen molar-refractivity contribution in [3.8, 4) is 23.0 Å². The van der Waals surface area contributed by atoms with Gasteiger partial charge in [0.25, 0.3) is 5.91 Å². The molecule has 1 N–H and O–H groups in total. The zero-order chi connectivity index (χ0) is 19.1. The van der Waals surface area contributed by atoms with E-state index in [2.05, 4.69) is 10.5 Å². The van der Waals surface area contributed by atoms with Gasteiger partial charge in [0.1, 0.15) is 0 Å². The van der Waals surface area contributed by atoms with Gasteiger partial charge in [0.15, 0.2) is 23.1 Å². The summed E-state index contributed by atoms with van der Waals surface area (Å²) >= 11 is 0. The summed E-state index contributed by atoms with van der Waals surface area (Å²) in [5.74, 6) is 0.186. The van der Waals surface area contributed by atoms with Crippen molar-refractivity contribution in [1.82, 2.24) is 5.43 Å². The minimum atomic E-state index is -0.521. The number of halogens is 1. The molecule has 0 atom stereocenters. The van der Waals surface area contributed by atoms with Crippen LogP contribution in [0.3, 0.4) is 0 Å². The van der Waals surface area contributed by atoms with E-state index in [4.69, 9.17) is 18.9 Å². The number of ether oxygens (including phenoxy) is 4. The van der Waals surface area contributed by atoms with Crippen molar-refractivity contribution in [3.05, 3.63) is 47.3 Å². The molecular formula is C18H19FN2O5. The predicted molar refractivity (Wildman–Crippen MR) is 94.1 cm³/mol. The van der Waals surface area contributed by atoms with Gasteiger partial charge < -0.3 is 18.9 Å². The average Bonchev–Trinajstić information content (AvgIpc) is 2.66. The summed E-state index contributed by atoms with van der Waals surface area (Å²) in [6.07, 6.45) is 1.32. The highest BCUT2D eigenvalue weighted by molar-refractivity contribution is 5.96. The van der Waals surface area contributed by atoms with Crippen LogP contribution in [-0.4, -0.2) is 40.6 Å². The van der Waals surface area contributed by atoms with Gasteiger partial charge in [-0.3, -0.25) is 4.79 Å². The van der Waals surface area contributed by atoms with Gasteiger partial charge in [-0.15, -0.1) is 0 Å². The smallest absolute Gasteiger partial charge is 0.271 e. The van der Waals surface area contributed by atoms with E-state index < -0.39 is 11.7 Å². The molecule has 0 saturated carbocycles. The lowest BCUT2D eigenvalue weighted by atomic mass is 10.1. The zero-order valence-electron chi connectivity index (χ0n) is 14.8. The van der Waals surface area contributed by atoms with Crippen LogP contribution in [0, 0.1) is 5.82 Å². The maximum absolute atomic E-state index is 13.6. The van der Waals surface area contributed by atoms with E-state index in [9.17, 15) is 9.18 Å². The van der Waals surface area contributed by atoms with Crippen LogP contribution in [0.4, 0.5) is 4.39 Å². The molecule has 0 aliphatic carbocycles. The SMILES string of the molecule is COc1ccc(/C=N\NC(=O)c2cc(OC)c(OC)c(OC)c2)cc1F. The van der Waals surface area contributed by atoms with E-state index in [1.165, 1.54) is 58.9 Å². The molecule has 8 heteroatoms. The standard InChI is InChI=1S/C18H19FN2O5/c1-23-14-6-5-11(7-13(14)19)10-20-21-18(22)12-8-15(24-2)17(26-4)16(9-12)25-3/h5-10H,1-4H3,(H,21,22)/b20-10-. The summed E-state index contributed by atoms with van der Waals surface area (Å²) < 4.78 is 34.1. The highest BCUT2D eigenvalue weighted by Gasteiger charge is 2.16. The van der Waals surface area contributed by atoms with Gasteiger partial charge in [0.05, 0.1) is 34.7 Å². The van der Waals surface area contributed by atoms with Crippen molar-refractivity contribution in [3.63, 3.8) is 0 Å². The third-order valence-electron chi connectivity index (χ3n) is 3.48. The number of benzene rings is 2. The molecule has 0 spiro atoms. The number of amides is 1. The molecule has 1 amide bonds. The van der Waals surface area contributed by atoms with Crippen molar-refractivity contribution >= 4 is 12.1 Å². The summed E-state index contributed by atoms with van der Waals surface area (Å²) in [7, 11) is 5.76. The van der Waals surface area contributed by atoms with Crippen LogP contribution in [0.15, 0.2) is 35.4 Å². The molecule has 0 saturated heterocycles. The molecule has 2 rings (SSSR count). The fourth-order valence-corrected chi connectivity index (χ4v) is 2.21. The van der Waals surface area contributed by atoms with Crippen LogP contribution in [0.25, 0.3) is 0 Å². The Balaban J connectivity index is 2.16. The van der Waals surface area contributed by atoms with Crippen molar-refractivity contribution in [1.29, 1.82) is 0 Å². The van der Waals surface area contributed by atoms with E-state index in [1.807, 2.05) is 0 Å². The van der Waals surface area contributed by atoms with Gasteiger partial charge in [-0.1, -0.05) is 0 Å². The van der Waals surface area contributed by atoms with E-state index in [1.54, 1.807) is 6.07 Å². The Hall–Kier alpha value is -3.29. The Labute approximate surface area is 150 Å². The van der Waals surface area contributed by atoms with E-state index >= 15 is 0 Å². The van der Waals surface area contributed by atoms with Gasteiger partial charge in [0.2, 0.25) is 5.75 Å². The molecule has 0 fully saturated rings. The first-order chi connectivity index (χ1) is 12.5. The number of carbonyl (C=O) groups is 1. The molecule has 0 unspecified atom stereocenters. The first kappa shape index (κ1) is 19.0. The Morgan fingerprint density at radius 3 is 2.08 bits per heavy atom. The quantitative estimate of drug-likeness (QED) is 0.605. The van der Waals surface area contributed by atoms with Gasteiger partial charge in [-0.2, -0.15) is 5.10 Å². The van der Waals surface area contributed by atoms with E-state index in [0.717, 1.165) is 0 Å². The minimum absolute atomic E-state index is 0.128. The number of carbonyl (C=O) groups excluding carboxylic acids is 1. The van der Waals surface area contributed by atoms with Crippen molar-refractivity contribution < 1.29 is 28.1 Å². The molecule has 2 aromatic carbocycles. The van der Waals surface area contributed by atoms with Gasteiger partial charge in [-0.25, -0.2) is 9.82 Å². The molecule has 138 valence electrons. The zero-order valence-corrected chi connectivity index (χ0v) is 14.8. The summed E-state index contributed by atoms with van der Waals surface area (Å²) in [6.45, 7) is 0. The normalized spacial score (nSPS) is 10.5. The Bertz CT molecular complexity index is 798. The molecule has 7 nitrogen and oxygen atoms in total. The first-order valence-electron chi connectivity index (χ1n) is 7.51. The number of hydrogen-bond acceptors (Lipinski definition) is 6. The van der Waals surface area contributed by atoms with E-state index in [-0.39, 0.29) is 11.3 Å². The molecule has 0 aromatic heterocycles. The van der Waals surface area contributed by atoms with Crippen molar-refractivity contribution in [2.75, 3.05) is 28.4 Å². The van der Waals surface area contributed by atoms with Crippen LogP contribution in [0.1, 0.15) is 15.9 Å². The second-order valence-corrected chi connectivity index (χ2v) is 5.01. The molecule has 0 aliphatic heterocycles. The lowest BCUT2D eigenvalue weighted by Crippen LogP contribution is -2.18. The number of nitrogens with zero attached hydrogens (tertiary/aromatic N) is 1. The number of hydrazone groups is 1. The van der Waals surface area contributed by atoms with Crippen LogP contribution in [0.2, 0.25) is 0 Å². The number of hydrogen-bond donors (Lipinski definition) is 1. The largest absolute Gasteiger partial charge is 0.494 e. The maximum Gasteiger partial charge on any atom is 0.271 e. The van der Waals surface area contributed by atoms with Crippen LogP contribution in [0.5, 0.6) is 23.0 Å². The second-order valence-electron chi connectivity index (χ2n) is 5.01. The molecular weight excluding hydrogens is 343 g/mol. The topological polar surface area (TPSA) is 78.4 Å². The van der Waals surface area contributed by atoms with Gasteiger partial charge >= 0.3 is 0 Å². The number of nitrogens with one attached hydrogen (secondary N) is 1. The van der Waals surface area contributed by atoms with Gasteiger partial charge in [-0.05, 0) is 35.9 Å². The average molecular weight is 362 g/mol. The molecule has 0 bridgehead atoms. The lowest BCUT2D eigenvalue weighted by Gasteiger charge is -2.13. The van der Waals surface area contributed by atoms with E-state index in [0.29, 0.717) is 22.8 Å². The minimum Gasteiger partial charge on any atom is -0.494 e. The number of methoxy groups -OCH3 is 4. The predicted octanol–water partition coefficient (Wildman–Crippen LogP) is 2.62. The highest BCUT2D eigenvalue weighted by Crippen LogP contribution is 2.38. The number of rotatable bonds is 7. The summed E-state index contributed by atoms with van der Waals surface area (Å²) in [6, 6.07) is 7.32. The van der Waals surface area contributed by atoms with Crippen molar-refractivity contribution in [2.45, 2.75) is 0 Å². The Morgan fingerprint density at radius 1 is 0.962 bits per heavy atom.